The van der Waals surface area contributed by atoms with Gasteiger partial charge < -0.3 is 10.2 Å². The first-order chi connectivity index (χ1) is 14.6. The van der Waals surface area contributed by atoms with Gasteiger partial charge in [0.1, 0.15) is 5.82 Å². The van der Waals surface area contributed by atoms with Gasteiger partial charge in [0.2, 0.25) is 5.91 Å². The number of carbonyl (C=O) groups is 2. The minimum absolute atomic E-state index is 0.0842. The van der Waals surface area contributed by atoms with Crippen molar-refractivity contribution in [2.75, 3.05) is 18.4 Å². The van der Waals surface area contributed by atoms with Gasteiger partial charge in [-0.2, -0.15) is 0 Å². The quantitative estimate of drug-likeness (QED) is 0.669. The molecule has 0 saturated carbocycles. The van der Waals surface area contributed by atoms with E-state index in [9.17, 15) is 14.0 Å². The molecule has 0 aromatic heterocycles. The molecule has 0 aliphatic carbocycles. The molecular weight excluding hydrogens is 379 g/mol. The Morgan fingerprint density at radius 1 is 0.867 bits per heavy atom. The minimum Gasteiger partial charge on any atom is -0.338 e. The lowest BCUT2D eigenvalue weighted by Gasteiger charge is -2.32. The van der Waals surface area contributed by atoms with E-state index in [4.69, 9.17) is 0 Å². The number of hydrogen-bond donors (Lipinski definition) is 1. The molecule has 0 spiro atoms. The van der Waals surface area contributed by atoms with Crippen LogP contribution in [0.5, 0.6) is 0 Å². The molecule has 0 bridgehead atoms. The van der Waals surface area contributed by atoms with Gasteiger partial charge >= 0.3 is 0 Å². The molecule has 1 atom stereocenters. The van der Waals surface area contributed by atoms with Crippen LogP contribution in [-0.4, -0.2) is 29.8 Å². The molecule has 5 heteroatoms. The zero-order valence-electron chi connectivity index (χ0n) is 16.6. The van der Waals surface area contributed by atoms with Crippen LogP contribution in [0, 0.1) is 11.7 Å². The molecule has 2 amide bonds. The number of rotatable bonds is 4. The van der Waals surface area contributed by atoms with Gasteiger partial charge in [-0.25, -0.2) is 4.39 Å². The van der Waals surface area contributed by atoms with Gasteiger partial charge in [-0.3, -0.25) is 9.59 Å². The van der Waals surface area contributed by atoms with Gasteiger partial charge in [-0.05, 0) is 60.4 Å². The summed E-state index contributed by atoms with van der Waals surface area (Å²) in [6, 6.07) is 23.3. The molecule has 1 saturated heterocycles. The van der Waals surface area contributed by atoms with E-state index in [-0.39, 0.29) is 23.5 Å². The van der Waals surface area contributed by atoms with Crippen molar-refractivity contribution in [1.82, 2.24) is 4.90 Å². The highest BCUT2D eigenvalue weighted by Crippen LogP contribution is 2.23. The van der Waals surface area contributed by atoms with E-state index < -0.39 is 0 Å². The fourth-order valence-corrected chi connectivity index (χ4v) is 3.77. The minimum atomic E-state index is -0.374. The van der Waals surface area contributed by atoms with Gasteiger partial charge in [0.15, 0.2) is 0 Å². The second-order valence-corrected chi connectivity index (χ2v) is 7.53. The number of amides is 2. The molecule has 4 nitrogen and oxygen atoms in total. The van der Waals surface area contributed by atoms with Crippen molar-refractivity contribution in [3.63, 3.8) is 0 Å². The van der Waals surface area contributed by atoms with Crippen molar-refractivity contribution in [3.05, 3.63) is 90.2 Å². The lowest BCUT2D eigenvalue weighted by Crippen LogP contribution is -2.43. The van der Waals surface area contributed by atoms with Gasteiger partial charge in [0, 0.05) is 24.3 Å². The molecule has 152 valence electrons. The fourth-order valence-electron chi connectivity index (χ4n) is 3.77. The number of halogens is 1. The Morgan fingerprint density at radius 3 is 2.23 bits per heavy atom. The van der Waals surface area contributed by atoms with E-state index in [0.29, 0.717) is 18.7 Å². The van der Waals surface area contributed by atoms with E-state index >= 15 is 0 Å². The van der Waals surface area contributed by atoms with Gasteiger partial charge in [-0.1, -0.05) is 42.5 Å². The van der Waals surface area contributed by atoms with Crippen molar-refractivity contribution in [2.45, 2.75) is 12.8 Å². The Kier molecular flexibility index (Phi) is 5.89. The average Bonchev–Trinajstić information content (AvgIpc) is 2.80. The molecule has 3 aromatic carbocycles. The van der Waals surface area contributed by atoms with Crippen LogP contribution in [0.15, 0.2) is 78.9 Å². The summed E-state index contributed by atoms with van der Waals surface area (Å²) in [6.45, 7) is 0.968. The zero-order valence-corrected chi connectivity index (χ0v) is 16.6. The van der Waals surface area contributed by atoms with E-state index in [1.165, 1.54) is 24.3 Å². The SMILES string of the molecule is O=C(Nc1ccc(-c2ccccc2)cc1)C1CCCN(C(=O)c2ccc(F)cc2)C1. The molecule has 1 N–H and O–H groups in total. The summed E-state index contributed by atoms with van der Waals surface area (Å²) >= 11 is 0. The predicted molar refractivity (Wildman–Crippen MR) is 116 cm³/mol. The van der Waals surface area contributed by atoms with Crippen LogP contribution in [0.4, 0.5) is 10.1 Å². The maximum Gasteiger partial charge on any atom is 0.253 e. The third kappa shape index (κ3) is 4.57. The second kappa shape index (κ2) is 8.91. The van der Waals surface area contributed by atoms with Crippen molar-refractivity contribution < 1.29 is 14.0 Å². The highest BCUT2D eigenvalue weighted by molar-refractivity contribution is 5.96. The molecule has 0 radical (unpaired) electrons. The summed E-state index contributed by atoms with van der Waals surface area (Å²) < 4.78 is 13.1. The zero-order chi connectivity index (χ0) is 20.9. The summed E-state index contributed by atoms with van der Waals surface area (Å²) in [5, 5.41) is 2.97. The van der Waals surface area contributed by atoms with Crippen LogP contribution in [0.1, 0.15) is 23.2 Å². The molecule has 1 fully saturated rings. The number of nitrogens with zero attached hydrogens (tertiary/aromatic N) is 1. The van der Waals surface area contributed by atoms with Gasteiger partial charge in [0.25, 0.3) is 5.91 Å². The van der Waals surface area contributed by atoms with Crippen molar-refractivity contribution in [3.8, 4) is 11.1 Å². The largest absolute Gasteiger partial charge is 0.338 e. The number of nitrogens with one attached hydrogen (secondary N) is 1. The number of carbonyl (C=O) groups excluding carboxylic acids is 2. The number of anilines is 1. The van der Waals surface area contributed by atoms with Crippen LogP contribution < -0.4 is 5.32 Å². The first kappa shape index (κ1) is 19.8. The fraction of sp³-hybridized carbons (Fsp3) is 0.200. The molecular formula is C25H23FN2O2. The molecule has 1 heterocycles. The number of benzene rings is 3. The van der Waals surface area contributed by atoms with E-state index in [1.54, 1.807) is 4.90 Å². The lowest BCUT2D eigenvalue weighted by molar-refractivity contribution is -0.121. The molecule has 4 rings (SSSR count). The second-order valence-electron chi connectivity index (χ2n) is 7.53. The molecule has 1 aliphatic heterocycles. The number of hydrogen-bond acceptors (Lipinski definition) is 2. The summed E-state index contributed by atoms with van der Waals surface area (Å²) in [6.07, 6.45) is 1.50. The van der Waals surface area contributed by atoms with E-state index in [0.717, 1.165) is 29.7 Å². The summed E-state index contributed by atoms with van der Waals surface area (Å²) in [4.78, 5) is 27.1. The Morgan fingerprint density at radius 2 is 1.53 bits per heavy atom. The molecule has 3 aromatic rings. The normalized spacial score (nSPS) is 16.2. The third-order valence-electron chi connectivity index (χ3n) is 5.43. The maximum absolute atomic E-state index is 13.1. The summed E-state index contributed by atoms with van der Waals surface area (Å²) in [5.41, 5.74) is 3.38. The molecule has 30 heavy (non-hydrogen) atoms. The average molecular weight is 402 g/mol. The Labute approximate surface area is 175 Å². The molecule has 1 unspecified atom stereocenters. The van der Waals surface area contributed by atoms with Crippen LogP contribution >= 0.6 is 0 Å². The van der Waals surface area contributed by atoms with Crippen LogP contribution in [0.3, 0.4) is 0 Å². The van der Waals surface area contributed by atoms with Gasteiger partial charge in [-0.15, -0.1) is 0 Å². The lowest BCUT2D eigenvalue weighted by atomic mass is 9.96. The van der Waals surface area contributed by atoms with Crippen molar-refractivity contribution in [1.29, 1.82) is 0 Å². The third-order valence-corrected chi connectivity index (χ3v) is 5.43. The standard InChI is InChI=1S/C25H23FN2O2/c26-22-12-8-20(9-13-22)25(30)28-16-4-7-21(17-28)24(29)27-23-14-10-19(11-15-23)18-5-2-1-3-6-18/h1-3,5-6,8-15,21H,4,7,16-17H2,(H,27,29). The Bertz CT molecular complexity index is 1020. The smallest absolute Gasteiger partial charge is 0.253 e. The molecule has 1 aliphatic rings. The van der Waals surface area contributed by atoms with Crippen LogP contribution in [-0.2, 0) is 4.79 Å². The monoisotopic (exact) mass is 402 g/mol. The van der Waals surface area contributed by atoms with Crippen molar-refractivity contribution >= 4 is 17.5 Å². The predicted octanol–water partition coefficient (Wildman–Crippen LogP) is 4.98. The highest BCUT2D eigenvalue weighted by atomic mass is 19.1. The highest BCUT2D eigenvalue weighted by Gasteiger charge is 2.29. The first-order valence-electron chi connectivity index (χ1n) is 10.1. The van der Waals surface area contributed by atoms with Crippen LogP contribution in [0.25, 0.3) is 11.1 Å². The van der Waals surface area contributed by atoms with Gasteiger partial charge in [0.05, 0.1) is 5.92 Å². The Hall–Kier alpha value is -3.47. The number of piperidine rings is 1. The van der Waals surface area contributed by atoms with E-state index in [2.05, 4.69) is 5.32 Å². The maximum atomic E-state index is 13.1. The van der Waals surface area contributed by atoms with Crippen LogP contribution in [0.2, 0.25) is 0 Å². The summed E-state index contributed by atoms with van der Waals surface area (Å²) in [7, 11) is 0. The Balaban J connectivity index is 1.38. The summed E-state index contributed by atoms with van der Waals surface area (Å²) in [5.74, 6) is -0.892. The number of likely N-dealkylation sites (tertiary alicyclic amines) is 1. The van der Waals surface area contributed by atoms with Crippen molar-refractivity contribution in [2.24, 2.45) is 5.92 Å². The topological polar surface area (TPSA) is 49.4 Å². The first-order valence-corrected chi connectivity index (χ1v) is 10.1. The van der Waals surface area contributed by atoms with E-state index in [1.807, 2.05) is 54.6 Å².